The molecule has 0 aromatic heterocycles. The molecule has 3 atom stereocenters. The third-order valence-corrected chi connectivity index (χ3v) is 4.85. The standard InChI is InChI=1S/C16H32N2/c1-16(2,3)10-13(11-17)12-18-9-8-14-6-4-5-7-15(14)18/h13-15H,4-12,17H2,1-3H3. The summed E-state index contributed by atoms with van der Waals surface area (Å²) in [5, 5.41) is 0. The Morgan fingerprint density at radius 1 is 1.17 bits per heavy atom. The average Bonchev–Trinajstić information content (AvgIpc) is 2.70. The van der Waals surface area contributed by atoms with Gasteiger partial charge >= 0.3 is 0 Å². The van der Waals surface area contributed by atoms with Crippen LogP contribution >= 0.6 is 0 Å². The van der Waals surface area contributed by atoms with Crippen molar-refractivity contribution in [2.75, 3.05) is 19.6 Å². The molecular weight excluding hydrogens is 220 g/mol. The lowest BCUT2D eigenvalue weighted by Crippen LogP contribution is -2.40. The van der Waals surface area contributed by atoms with Crippen molar-refractivity contribution in [2.45, 2.75) is 65.3 Å². The van der Waals surface area contributed by atoms with Crippen LogP contribution in [-0.4, -0.2) is 30.6 Å². The molecule has 2 fully saturated rings. The lowest BCUT2D eigenvalue weighted by Gasteiger charge is -2.35. The summed E-state index contributed by atoms with van der Waals surface area (Å²) in [4.78, 5) is 2.77. The molecule has 1 saturated heterocycles. The lowest BCUT2D eigenvalue weighted by molar-refractivity contribution is 0.144. The van der Waals surface area contributed by atoms with E-state index < -0.39 is 0 Å². The van der Waals surface area contributed by atoms with Crippen molar-refractivity contribution in [2.24, 2.45) is 23.0 Å². The summed E-state index contributed by atoms with van der Waals surface area (Å²) in [5.41, 5.74) is 6.41. The van der Waals surface area contributed by atoms with E-state index in [9.17, 15) is 0 Å². The molecule has 106 valence electrons. The molecule has 1 aliphatic heterocycles. The maximum atomic E-state index is 6.00. The molecule has 2 N–H and O–H groups in total. The average molecular weight is 252 g/mol. The van der Waals surface area contributed by atoms with E-state index in [1.165, 1.54) is 51.6 Å². The van der Waals surface area contributed by atoms with E-state index in [0.717, 1.165) is 18.5 Å². The molecule has 0 spiro atoms. The predicted octanol–water partition coefficient (Wildman–Crippen LogP) is 3.26. The molecule has 0 aromatic carbocycles. The molecule has 0 radical (unpaired) electrons. The van der Waals surface area contributed by atoms with E-state index in [1.54, 1.807) is 0 Å². The van der Waals surface area contributed by atoms with Crippen molar-refractivity contribution in [3.8, 4) is 0 Å². The van der Waals surface area contributed by atoms with Crippen LogP contribution in [0.3, 0.4) is 0 Å². The molecule has 1 aliphatic carbocycles. The van der Waals surface area contributed by atoms with Gasteiger partial charge in [0.05, 0.1) is 0 Å². The lowest BCUT2D eigenvalue weighted by atomic mass is 9.83. The molecule has 1 heterocycles. The summed E-state index contributed by atoms with van der Waals surface area (Å²) in [6.07, 6.45) is 8.54. The van der Waals surface area contributed by atoms with Gasteiger partial charge in [0.1, 0.15) is 0 Å². The Hall–Kier alpha value is -0.0800. The monoisotopic (exact) mass is 252 g/mol. The van der Waals surface area contributed by atoms with Crippen LogP contribution in [0.1, 0.15) is 59.3 Å². The van der Waals surface area contributed by atoms with Gasteiger partial charge in [-0.3, -0.25) is 4.90 Å². The smallest absolute Gasteiger partial charge is 0.0124 e. The molecule has 2 nitrogen and oxygen atoms in total. The highest BCUT2D eigenvalue weighted by molar-refractivity contribution is 4.90. The molecule has 1 saturated carbocycles. The number of likely N-dealkylation sites (tertiary alicyclic amines) is 1. The van der Waals surface area contributed by atoms with Gasteiger partial charge in [-0.15, -0.1) is 0 Å². The van der Waals surface area contributed by atoms with Crippen LogP contribution in [-0.2, 0) is 0 Å². The van der Waals surface area contributed by atoms with Crippen LogP contribution < -0.4 is 5.73 Å². The van der Waals surface area contributed by atoms with Gasteiger partial charge < -0.3 is 5.73 Å². The quantitative estimate of drug-likeness (QED) is 0.832. The van der Waals surface area contributed by atoms with Gasteiger partial charge in [0.25, 0.3) is 0 Å². The second kappa shape index (κ2) is 5.92. The minimum Gasteiger partial charge on any atom is -0.330 e. The van der Waals surface area contributed by atoms with Gasteiger partial charge in [0.2, 0.25) is 0 Å². The van der Waals surface area contributed by atoms with Crippen LogP contribution in [0.2, 0.25) is 0 Å². The summed E-state index contributed by atoms with van der Waals surface area (Å²) in [7, 11) is 0. The number of rotatable bonds is 4. The van der Waals surface area contributed by atoms with E-state index in [4.69, 9.17) is 5.73 Å². The van der Waals surface area contributed by atoms with E-state index in [1.807, 2.05) is 0 Å². The van der Waals surface area contributed by atoms with Gasteiger partial charge in [-0.25, -0.2) is 0 Å². The van der Waals surface area contributed by atoms with E-state index >= 15 is 0 Å². The predicted molar refractivity (Wildman–Crippen MR) is 78.6 cm³/mol. The molecule has 0 bridgehead atoms. The van der Waals surface area contributed by atoms with Gasteiger partial charge in [-0.05, 0) is 56.0 Å². The third-order valence-electron chi connectivity index (χ3n) is 4.85. The summed E-state index contributed by atoms with van der Waals surface area (Å²) in [6, 6.07) is 0.896. The third kappa shape index (κ3) is 3.71. The van der Waals surface area contributed by atoms with Crippen molar-refractivity contribution in [1.82, 2.24) is 4.90 Å². The van der Waals surface area contributed by atoms with Gasteiger partial charge in [-0.2, -0.15) is 0 Å². The zero-order chi connectivity index (χ0) is 13.2. The van der Waals surface area contributed by atoms with Crippen molar-refractivity contribution in [1.29, 1.82) is 0 Å². The molecule has 0 aromatic rings. The van der Waals surface area contributed by atoms with Crippen molar-refractivity contribution >= 4 is 0 Å². The second-order valence-electron chi connectivity index (χ2n) is 7.76. The van der Waals surface area contributed by atoms with E-state index in [2.05, 4.69) is 25.7 Å². The number of fused-ring (bicyclic) bond motifs is 1. The minimum absolute atomic E-state index is 0.412. The zero-order valence-electron chi connectivity index (χ0n) is 12.6. The highest BCUT2D eigenvalue weighted by atomic mass is 15.2. The van der Waals surface area contributed by atoms with Gasteiger partial charge in [0, 0.05) is 12.6 Å². The second-order valence-corrected chi connectivity index (χ2v) is 7.76. The molecule has 2 heteroatoms. The fourth-order valence-corrected chi connectivity index (χ4v) is 4.15. The Kier molecular flexibility index (Phi) is 4.71. The molecular formula is C16H32N2. The fourth-order valence-electron chi connectivity index (χ4n) is 4.15. The van der Waals surface area contributed by atoms with E-state index in [-0.39, 0.29) is 0 Å². The minimum atomic E-state index is 0.412. The highest BCUT2D eigenvalue weighted by Gasteiger charge is 2.36. The van der Waals surface area contributed by atoms with Crippen LogP contribution in [0.25, 0.3) is 0 Å². The van der Waals surface area contributed by atoms with Crippen molar-refractivity contribution < 1.29 is 0 Å². The van der Waals surface area contributed by atoms with Crippen LogP contribution in [0.4, 0.5) is 0 Å². The maximum absolute atomic E-state index is 6.00. The largest absolute Gasteiger partial charge is 0.330 e. The highest BCUT2D eigenvalue weighted by Crippen LogP contribution is 2.37. The first-order chi connectivity index (χ1) is 8.49. The first-order valence-corrected chi connectivity index (χ1v) is 7.94. The number of hydrogen-bond donors (Lipinski definition) is 1. The number of nitrogens with zero attached hydrogens (tertiary/aromatic N) is 1. The molecule has 3 unspecified atom stereocenters. The fraction of sp³-hybridized carbons (Fsp3) is 1.00. The Morgan fingerprint density at radius 2 is 1.89 bits per heavy atom. The summed E-state index contributed by atoms with van der Waals surface area (Å²) in [5.74, 6) is 1.69. The summed E-state index contributed by atoms with van der Waals surface area (Å²) in [6.45, 7) is 10.4. The molecule has 2 rings (SSSR count). The van der Waals surface area contributed by atoms with Crippen molar-refractivity contribution in [3.05, 3.63) is 0 Å². The summed E-state index contributed by atoms with van der Waals surface area (Å²) >= 11 is 0. The topological polar surface area (TPSA) is 29.3 Å². The van der Waals surface area contributed by atoms with Crippen LogP contribution in [0, 0.1) is 17.3 Å². The molecule has 0 amide bonds. The SMILES string of the molecule is CC(C)(C)CC(CN)CN1CCC2CCCCC21. The Morgan fingerprint density at radius 3 is 2.56 bits per heavy atom. The molecule has 18 heavy (non-hydrogen) atoms. The Balaban J connectivity index is 1.87. The van der Waals surface area contributed by atoms with Crippen LogP contribution in [0.5, 0.6) is 0 Å². The van der Waals surface area contributed by atoms with Crippen LogP contribution in [0.15, 0.2) is 0 Å². The Bertz CT molecular complexity index is 256. The van der Waals surface area contributed by atoms with Crippen molar-refractivity contribution in [3.63, 3.8) is 0 Å². The van der Waals surface area contributed by atoms with E-state index in [0.29, 0.717) is 11.3 Å². The maximum Gasteiger partial charge on any atom is 0.0124 e. The first-order valence-electron chi connectivity index (χ1n) is 7.94. The summed E-state index contributed by atoms with van der Waals surface area (Å²) < 4.78 is 0. The first kappa shape index (κ1) is 14.3. The Labute approximate surface area is 113 Å². The van der Waals surface area contributed by atoms with Gasteiger partial charge in [-0.1, -0.05) is 33.6 Å². The number of hydrogen-bond acceptors (Lipinski definition) is 2. The number of nitrogens with two attached hydrogens (primary N) is 1. The molecule has 2 aliphatic rings. The zero-order valence-corrected chi connectivity index (χ0v) is 12.6. The normalized spacial score (nSPS) is 31.3. The van der Waals surface area contributed by atoms with Gasteiger partial charge in [0.15, 0.2) is 0 Å².